The lowest BCUT2D eigenvalue weighted by Crippen LogP contribution is -2.16. The Labute approximate surface area is 82.3 Å². The molecule has 0 saturated heterocycles. The molecular weight excluding hydrogens is 182 g/mol. The molecule has 1 aromatic heterocycles. The highest BCUT2D eigenvalue weighted by Gasteiger charge is 2.15. The quantitative estimate of drug-likeness (QED) is 0.664. The lowest BCUT2D eigenvalue weighted by Gasteiger charge is -2.03. The van der Waals surface area contributed by atoms with E-state index in [1.54, 1.807) is 0 Å². The molecule has 0 spiro atoms. The number of carboxylic acid groups (broad SMARTS) is 1. The van der Waals surface area contributed by atoms with Gasteiger partial charge in [0.1, 0.15) is 5.82 Å². The fourth-order valence-corrected chi connectivity index (χ4v) is 1.33. The number of nitrogens with one attached hydrogen (secondary N) is 1. The van der Waals surface area contributed by atoms with Gasteiger partial charge in [-0.3, -0.25) is 4.79 Å². The normalized spacial score (nSPS) is 12.8. The summed E-state index contributed by atoms with van der Waals surface area (Å²) < 4.78 is 0. The Morgan fingerprint density at radius 2 is 2.36 bits per heavy atom. The average molecular weight is 197 g/mol. The van der Waals surface area contributed by atoms with E-state index in [2.05, 4.69) is 9.97 Å². The first kappa shape index (κ1) is 10.7. The molecule has 14 heavy (non-hydrogen) atoms. The number of H-pyrrole nitrogens is 1. The first-order valence-corrected chi connectivity index (χ1v) is 4.57. The van der Waals surface area contributed by atoms with Gasteiger partial charge in [-0.15, -0.1) is 0 Å². The molecule has 1 unspecified atom stereocenters. The van der Waals surface area contributed by atoms with Crippen LogP contribution in [0.1, 0.15) is 36.6 Å². The molecule has 0 aliphatic rings. The highest BCUT2D eigenvalue weighted by atomic mass is 16.4. The third kappa shape index (κ3) is 2.32. The zero-order valence-corrected chi connectivity index (χ0v) is 8.37. The van der Waals surface area contributed by atoms with Crippen LogP contribution in [-0.4, -0.2) is 21.0 Å². The molecule has 0 fully saturated rings. The second-order valence-corrected chi connectivity index (χ2v) is 3.25. The van der Waals surface area contributed by atoms with E-state index in [0.717, 1.165) is 17.8 Å². The van der Waals surface area contributed by atoms with Crippen LogP contribution in [0.2, 0.25) is 0 Å². The molecule has 0 saturated carbocycles. The van der Waals surface area contributed by atoms with Crippen LogP contribution in [0.5, 0.6) is 0 Å². The number of nitrogens with two attached hydrogens (primary N) is 1. The minimum atomic E-state index is -0.912. The standard InChI is InChI=1S/C9H15N3O2/c1-3-7-5(2)11-9(12-7)6(10)4-8(13)14/h6H,3-4,10H2,1-2H3,(H,11,12)(H,13,14). The van der Waals surface area contributed by atoms with Gasteiger partial charge in [-0.25, -0.2) is 4.98 Å². The van der Waals surface area contributed by atoms with Crippen LogP contribution in [0.25, 0.3) is 0 Å². The summed E-state index contributed by atoms with van der Waals surface area (Å²) in [4.78, 5) is 17.7. The Morgan fingerprint density at radius 3 is 2.79 bits per heavy atom. The van der Waals surface area contributed by atoms with Crippen LogP contribution < -0.4 is 5.73 Å². The summed E-state index contributed by atoms with van der Waals surface area (Å²) >= 11 is 0. The van der Waals surface area contributed by atoms with Crippen molar-refractivity contribution in [3.05, 3.63) is 17.2 Å². The topological polar surface area (TPSA) is 92.0 Å². The van der Waals surface area contributed by atoms with Gasteiger partial charge in [-0.1, -0.05) is 6.92 Å². The molecule has 0 aliphatic carbocycles. The zero-order chi connectivity index (χ0) is 10.7. The summed E-state index contributed by atoms with van der Waals surface area (Å²) in [5.41, 5.74) is 7.56. The van der Waals surface area contributed by atoms with Gasteiger partial charge in [-0.2, -0.15) is 0 Å². The molecule has 78 valence electrons. The van der Waals surface area contributed by atoms with Gasteiger partial charge >= 0.3 is 5.97 Å². The van der Waals surface area contributed by atoms with E-state index >= 15 is 0 Å². The van der Waals surface area contributed by atoms with Gasteiger partial charge < -0.3 is 15.8 Å². The van der Waals surface area contributed by atoms with Crippen LogP contribution in [0.3, 0.4) is 0 Å². The molecule has 5 heteroatoms. The van der Waals surface area contributed by atoms with Gasteiger partial charge in [0.15, 0.2) is 0 Å². The smallest absolute Gasteiger partial charge is 0.305 e. The van der Waals surface area contributed by atoms with Crippen LogP contribution in [0.4, 0.5) is 0 Å². The number of rotatable bonds is 4. The minimum absolute atomic E-state index is 0.101. The molecule has 0 amide bonds. The van der Waals surface area contributed by atoms with Crippen molar-refractivity contribution in [2.75, 3.05) is 0 Å². The Balaban J connectivity index is 2.80. The first-order chi connectivity index (χ1) is 6.54. The van der Waals surface area contributed by atoms with Gasteiger partial charge in [0.25, 0.3) is 0 Å². The number of hydrogen-bond donors (Lipinski definition) is 3. The third-order valence-corrected chi connectivity index (χ3v) is 2.08. The minimum Gasteiger partial charge on any atom is -0.481 e. The van der Waals surface area contributed by atoms with Gasteiger partial charge in [0.05, 0.1) is 18.2 Å². The van der Waals surface area contributed by atoms with Gasteiger partial charge in [0, 0.05) is 5.69 Å². The van der Waals surface area contributed by atoms with Crippen LogP contribution in [0.15, 0.2) is 0 Å². The maximum absolute atomic E-state index is 10.4. The number of imidazole rings is 1. The number of aromatic amines is 1. The summed E-state index contributed by atoms with van der Waals surface area (Å²) in [6.07, 6.45) is 0.720. The van der Waals surface area contributed by atoms with Crippen molar-refractivity contribution < 1.29 is 9.90 Å². The molecular formula is C9H15N3O2. The van der Waals surface area contributed by atoms with Crippen LogP contribution >= 0.6 is 0 Å². The molecule has 0 bridgehead atoms. The molecule has 0 aromatic carbocycles. The summed E-state index contributed by atoms with van der Waals surface area (Å²) in [6.45, 7) is 3.90. The fourth-order valence-electron chi connectivity index (χ4n) is 1.33. The van der Waals surface area contributed by atoms with Gasteiger partial charge in [0.2, 0.25) is 0 Å². The number of carboxylic acids is 1. The second kappa shape index (κ2) is 4.23. The average Bonchev–Trinajstić information content (AvgIpc) is 2.45. The summed E-state index contributed by atoms with van der Waals surface area (Å²) in [5, 5.41) is 8.56. The summed E-state index contributed by atoms with van der Waals surface area (Å²) in [6, 6.07) is -0.550. The molecule has 0 aliphatic heterocycles. The van der Waals surface area contributed by atoms with Crippen molar-refractivity contribution in [1.29, 1.82) is 0 Å². The van der Waals surface area contributed by atoms with Crippen molar-refractivity contribution in [3.8, 4) is 0 Å². The highest BCUT2D eigenvalue weighted by molar-refractivity contribution is 5.67. The number of hydrogen-bond acceptors (Lipinski definition) is 3. The number of aromatic nitrogens is 2. The van der Waals surface area contributed by atoms with E-state index in [9.17, 15) is 4.79 Å². The number of aryl methyl sites for hydroxylation is 2. The monoisotopic (exact) mass is 197 g/mol. The van der Waals surface area contributed by atoms with E-state index in [4.69, 9.17) is 10.8 Å². The van der Waals surface area contributed by atoms with E-state index < -0.39 is 12.0 Å². The third-order valence-electron chi connectivity index (χ3n) is 2.08. The predicted molar refractivity (Wildman–Crippen MR) is 51.9 cm³/mol. The fraction of sp³-hybridized carbons (Fsp3) is 0.556. The Morgan fingerprint density at radius 1 is 1.71 bits per heavy atom. The number of carbonyl (C=O) groups is 1. The summed E-state index contributed by atoms with van der Waals surface area (Å²) in [5.74, 6) is -0.355. The van der Waals surface area contributed by atoms with E-state index in [1.165, 1.54) is 0 Å². The van der Waals surface area contributed by atoms with E-state index in [-0.39, 0.29) is 6.42 Å². The predicted octanol–water partition coefficient (Wildman–Crippen LogP) is 0.755. The maximum Gasteiger partial charge on any atom is 0.305 e. The van der Waals surface area contributed by atoms with E-state index in [1.807, 2.05) is 13.8 Å². The SMILES string of the molecule is CCc1nc(C(N)CC(=O)O)[nH]c1C. The van der Waals surface area contributed by atoms with E-state index in [0.29, 0.717) is 5.82 Å². The molecule has 1 heterocycles. The van der Waals surface area contributed by atoms with Crippen molar-refractivity contribution in [2.45, 2.75) is 32.7 Å². The molecule has 5 nitrogen and oxygen atoms in total. The van der Waals surface area contributed by atoms with Crippen LogP contribution in [-0.2, 0) is 11.2 Å². The van der Waals surface area contributed by atoms with Crippen molar-refractivity contribution in [1.82, 2.24) is 9.97 Å². The lowest BCUT2D eigenvalue weighted by molar-refractivity contribution is -0.137. The first-order valence-electron chi connectivity index (χ1n) is 4.57. The maximum atomic E-state index is 10.4. The molecule has 4 N–H and O–H groups in total. The lowest BCUT2D eigenvalue weighted by atomic mass is 10.2. The van der Waals surface area contributed by atoms with Crippen molar-refractivity contribution in [3.63, 3.8) is 0 Å². The largest absolute Gasteiger partial charge is 0.481 e. The molecule has 1 rings (SSSR count). The molecule has 1 atom stereocenters. The van der Waals surface area contributed by atoms with Gasteiger partial charge in [-0.05, 0) is 13.3 Å². The Kier molecular flexibility index (Phi) is 3.24. The number of aliphatic carboxylic acids is 1. The van der Waals surface area contributed by atoms with Crippen molar-refractivity contribution in [2.24, 2.45) is 5.73 Å². The number of nitrogens with zero attached hydrogens (tertiary/aromatic N) is 1. The Hall–Kier alpha value is -1.36. The highest BCUT2D eigenvalue weighted by Crippen LogP contribution is 2.13. The zero-order valence-electron chi connectivity index (χ0n) is 8.37. The van der Waals surface area contributed by atoms with Crippen molar-refractivity contribution >= 4 is 5.97 Å². The second-order valence-electron chi connectivity index (χ2n) is 3.25. The van der Waals surface area contributed by atoms with Crippen LogP contribution in [0, 0.1) is 6.92 Å². The molecule has 0 radical (unpaired) electrons. The molecule has 1 aromatic rings. The Bertz CT molecular complexity index is 333. The summed E-state index contributed by atoms with van der Waals surface area (Å²) in [7, 11) is 0.